The Morgan fingerprint density at radius 2 is 2.19 bits per heavy atom. The summed E-state index contributed by atoms with van der Waals surface area (Å²) in [5.74, 6) is 1.02. The third kappa shape index (κ3) is 3.08. The molecule has 0 atom stereocenters. The SMILES string of the molecule is Cc1nc(NC(=O)COc2ccc3nc4n(c(=O)c3c2)CCC4)sc1C. The van der Waals surface area contributed by atoms with Gasteiger partial charge in [-0.3, -0.25) is 19.5 Å². The number of carbonyl (C=O) groups excluding carboxylic acids is 1. The van der Waals surface area contributed by atoms with Crippen molar-refractivity contribution in [3.05, 3.63) is 44.9 Å². The monoisotopic (exact) mass is 370 g/mol. The number of ether oxygens (including phenoxy) is 1. The predicted molar refractivity (Wildman–Crippen MR) is 100 cm³/mol. The summed E-state index contributed by atoms with van der Waals surface area (Å²) in [5, 5.41) is 3.80. The Bertz CT molecular complexity index is 1050. The van der Waals surface area contributed by atoms with Crippen molar-refractivity contribution >= 4 is 33.3 Å². The second kappa shape index (κ2) is 6.53. The number of carbonyl (C=O) groups is 1. The molecule has 0 saturated heterocycles. The van der Waals surface area contributed by atoms with Gasteiger partial charge >= 0.3 is 0 Å². The molecule has 1 amide bonds. The number of amides is 1. The van der Waals surface area contributed by atoms with Gasteiger partial charge in [-0.2, -0.15) is 0 Å². The smallest absolute Gasteiger partial charge is 0.264 e. The molecule has 4 rings (SSSR count). The quantitative estimate of drug-likeness (QED) is 0.762. The Morgan fingerprint density at radius 1 is 1.35 bits per heavy atom. The number of hydrogen-bond acceptors (Lipinski definition) is 6. The van der Waals surface area contributed by atoms with Gasteiger partial charge < -0.3 is 4.74 Å². The maximum absolute atomic E-state index is 12.6. The zero-order valence-corrected chi connectivity index (χ0v) is 15.4. The largest absolute Gasteiger partial charge is 0.484 e. The molecule has 2 aromatic heterocycles. The molecule has 1 aliphatic heterocycles. The van der Waals surface area contributed by atoms with E-state index in [1.54, 1.807) is 22.8 Å². The van der Waals surface area contributed by atoms with E-state index in [0.29, 0.717) is 28.3 Å². The topological polar surface area (TPSA) is 86.1 Å². The number of aryl methyl sites for hydroxylation is 3. The van der Waals surface area contributed by atoms with E-state index in [2.05, 4.69) is 15.3 Å². The first kappa shape index (κ1) is 16.7. The molecule has 3 aromatic rings. The van der Waals surface area contributed by atoms with Crippen LogP contribution in [0.3, 0.4) is 0 Å². The lowest BCUT2D eigenvalue weighted by Crippen LogP contribution is -2.21. The molecule has 1 aromatic carbocycles. The second-order valence-electron chi connectivity index (χ2n) is 6.26. The van der Waals surface area contributed by atoms with E-state index in [4.69, 9.17) is 4.74 Å². The molecule has 0 unspecified atom stereocenters. The maximum atomic E-state index is 12.6. The van der Waals surface area contributed by atoms with Gasteiger partial charge in [0, 0.05) is 17.8 Å². The van der Waals surface area contributed by atoms with E-state index in [1.165, 1.54) is 11.3 Å². The Balaban J connectivity index is 1.49. The molecule has 1 N–H and O–H groups in total. The van der Waals surface area contributed by atoms with Gasteiger partial charge in [0.2, 0.25) is 0 Å². The summed E-state index contributed by atoms with van der Waals surface area (Å²) in [7, 11) is 0. The Hall–Kier alpha value is -2.74. The first-order chi connectivity index (χ1) is 12.5. The minimum absolute atomic E-state index is 0.0499. The van der Waals surface area contributed by atoms with Crippen LogP contribution in [0.25, 0.3) is 10.9 Å². The van der Waals surface area contributed by atoms with Crippen molar-refractivity contribution in [2.45, 2.75) is 33.2 Å². The van der Waals surface area contributed by atoms with E-state index in [1.807, 2.05) is 13.8 Å². The molecule has 7 nitrogen and oxygen atoms in total. The number of nitrogens with one attached hydrogen (secondary N) is 1. The fourth-order valence-electron chi connectivity index (χ4n) is 2.98. The number of rotatable bonds is 4. The summed E-state index contributed by atoms with van der Waals surface area (Å²) in [4.78, 5) is 34.5. The molecule has 3 heterocycles. The third-order valence-electron chi connectivity index (χ3n) is 4.43. The van der Waals surface area contributed by atoms with Crippen molar-refractivity contribution < 1.29 is 9.53 Å². The lowest BCUT2D eigenvalue weighted by Gasteiger charge is -2.08. The molecular weight excluding hydrogens is 352 g/mol. The Morgan fingerprint density at radius 3 is 2.96 bits per heavy atom. The number of hydrogen-bond donors (Lipinski definition) is 1. The predicted octanol–water partition coefficient (Wildman–Crippen LogP) is 2.43. The molecule has 134 valence electrons. The average Bonchev–Trinajstić information content (AvgIpc) is 3.20. The molecule has 1 aliphatic rings. The van der Waals surface area contributed by atoms with Gasteiger partial charge in [-0.05, 0) is 38.5 Å². The molecule has 0 spiro atoms. The van der Waals surface area contributed by atoms with Crippen LogP contribution in [0, 0.1) is 13.8 Å². The molecule has 0 radical (unpaired) electrons. The average molecular weight is 370 g/mol. The number of benzene rings is 1. The summed E-state index contributed by atoms with van der Waals surface area (Å²) in [5.41, 5.74) is 1.51. The highest BCUT2D eigenvalue weighted by Gasteiger charge is 2.16. The summed E-state index contributed by atoms with van der Waals surface area (Å²) in [6.07, 6.45) is 1.77. The molecule has 0 fully saturated rings. The first-order valence-corrected chi connectivity index (χ1v) is 9.23. The number of aromatic nitrogens is 3. The van der Waals surface area contributed by atoms with Crippen LogP contribution in [-0.4, -0.2) is 27.0 Å². The highest BCUT2D eigenvalue weighted by Crippen LogP contribution is 2.22. The summed E-state index contributed by atoms with van der Waals surface area (Å²) >= 11 is 1.43. The normalized spacial score (nSPS) is 13.0. The first-order valence-electron chi connectivity index (χ1n) is 8.41. The molecule has 0 bridgehead atoms. The van der Waals surface area contributed by atoms with Crippen LogP contribution in [-0.2, 0) is 17.8 Å². The van der Waals surface area contributed by atoms with E-state index >= 15 is 0 Å². The van der Waals surface area contributed by atoms with Crippen molar-refractivity contribution in [3.8, 4) is 5.75 Å². The van der Waals surface area contributed by atoms with Crippen LogP contribution in [0.2, 0.25) is 0 Å². The van der Waals surface area contributed by atoms with Gasteiger partial charge in [-0.15, -0.1) is 11.3 Å². The molecule has 0 saturated carbocycles. The van der Waals surface area contributed by atoms with Crippen LogP contribution in [0.15, 0.2) is 23.0 Å². The lowest BCUT2D eigenvalue weighted by molar-refractivity contribution is -0.118. The number of thiazole rings is 1. The summed E-state index contributed by atoms with van der Waals surface area (Å²) in [6, 6.07) is 5.14. The van der Waals surface area contributed by atoms with Crippen molar-refractivity contribution in [2.75, 3.05) is 11.9 Å². The van der Waals surface area contributed by atoms with Gasteiger partial charge in [0.1, 0.15) is 11.6 Å². The van der Waals surface area contributed by atoms with E-state index in [9.17, 15) is 9.59 Å². The van der Waals surface area contributed by atoms with Gasteiger partial charge in [-0.25, -0.2) is 9.97 Å². The summed E-state index contributed by atoms with van der Waals surface area (Å²) in [6.45, 7) is 4.41. The van der Waals surface area contributed by atoms with Gasteiger partial charge in [-0.1, -0.05) is 0 Å². The van der Waals surface area contributed by atoms with Crippen LogP contribution in [0.5, 0.6) is 5.75 Å². The molecule has 26 heavy (non-hydrogen) atoms. The van der Waals surface area contributed by atoms with Crippen molar-refractivity contribution in [1.29, 1.82) is 0 Å². The maximum Gasteiger partial charge on any atom is 0.264 e. The molecular formula is C18H18N4O3S. The lowest BCUT2D eigenvalue weighted by atomic mass is 10.2. The summed E-state index contributed by atoms with van der Waals surface area (Å²) < 4.78 is 7.26. The second-order valence-corrected chi connectivity index (χ2v) is 7.47. The fourth-order valence-corrected chi connectivity index (χ4v) is 3.81. The third-order valence-corrected chi connectivity index (χ3v) is 5.42. The molecule has 8 heteroatoms. The minimum atomic E-state index is -0.289. The molecule has 0 aliphatic carbocycles. The Kier molecular flexibility index (Phi) is 4.20. The number of nitrogens with zero attached hydrogens (tertiary/aromatic N) is 3. The van der Waals surface area contributed by atoms with Gasteiger partial charge in [0.05, 0.1) is 16.6 Å². The highest BCUT2D eigenvalue weighted by molar-refractivity contribution is 7.15. The van der Waals surface area contributed by atoms with Gasteiger partial charge in [0.25, 0.3) is 11.5 Å². The van der Waals surface area contributed by atoms with Crippen LogP contribution < -0.4 is 15.6 Å². The zero-order chi connectivity index (χ0) is 18.3. The Labute approximate surface area is 153 Å². The highest BCUT2D eigenvalue weighted by atomic mass is 32.1. The fraction of sp³-hybridized carbons (Fsp3) is 0.333. The van der Waals surface area contributed by atoms with E-state index in [0.717, 1.165) is 29.2 Å². The number of anilines is 1. The standard InChI is InChI=1S/C18H18N4O3S/c1-10-11(2)26-18(19-10)21-16(23)9-25-12-5-6-14-13(8-12)17(24)22-7-3-4-15(22)20-14/h5-6,8H,3-4,7,9H2,1-2H3,(H,19,21,23). The van der Waals surface area contributed by atoms with Crippen LogP contribution in [0.4, 0.5) is 5.13 Å². The zero-order valence-electron chi connectivity index (χ0n) is 14.5. The van der Waals surface area contributed by atoms with Crippen molar-refractivity contribution in [2.24, 2.45) is 0 Å². The van der Waals surface area contributed by atoms with Crippen LogP contribution >= 0.6 is 11.3 Å². The van der Waals surface area contributed by atoms with Gasteiger partial charge in [0.15, 0.2) is 11.7 Å². The van der Waals surface area contributed by atoms with Crippen molar-refractivity contribution in [1.82, 2.24) is 14.5 Å². The van der Waals surface area contributed by atoms with E-state index in [-0.39, 0.29) is 18.1 Å². The van der Waals surface area contributed by atoms with Crippen LogP contribution in [0.1, 0.15) is 22.8 Å². The van der Waals surface area contributed by atoms with E-state index < -0.39 is 0 Å². The van der Waals surface area contributed by atoms with Crippen molar-refractivity contribution in [3.63, 3.8) is 0 Å². The number of fused-ring (bicyclic) bond motifs is 2. The minimum Gasteiger partial charge on any atom is -0.484 e.